The van der Waals surface area contributed by atoms with Crippen molar-refractivity contribution in [1.82, 2.24) is 0 Å². The van der Waals surface area contributed by atoms with Crippen molar-refractivity contribution in [3.63, 3.8) is 0 Å². The number of phenolic OH excluding ortho intramolecular Hbond substituents is 2. The topological polar surface area (TPSA) is 77.8 Å². The summed E-state index contributed by atoms with van der Waals surface area (Å²) in [6.45, 7) is 7.80. The second kappa shape index (κ2) is 6.89. The Labute approximate surface area is 108 Å². The van der Waals surface area contributed by atoms with Gasteiger partial charge in [0, 0.05) is 12.0 Å². The lowest BCUT2D eigenvalue weighted by atomic mass is 9.86. The van der Waals surface area contributed by atoms with Crippen LogP contribution in [0, 0.1) is 0 Å². The lowest BCUT2D eigenvalue weighted by Gasteiger charge is -2.20. The average Bonchev–Trinajstić information content (AvgIpc) is 2.21. The molecule has 3 N–H and O–H groups in total. The van der Waals surface area contributed by atoms with Crippen LogP contribution in [0.5, 0.6) is 11.5 Å². The number of hydrogen-bond donors (Lipinski definition) is 3. The molecule has 0 heterocycles. The van der Waals surface area contributed by atoms with E-state index in [-0.39, 0.29) is 16.9 Å². The summed E-state index contributed by atoms with van der Waals surface area (Å²) in [4.78, 5) is 9.60. The highest BCUT2D eigenvalue weighted by atomic mass is 16.4. The number of carbonyl (C=O) groups is 1. The summed E-state index contributed by atoms with van der Waals surface area (Å²) in [7, 11) is 0. The first-order valence-corrected chi connectivity index (χ1v) is 5.92. The average molecular weight is 254 g/mol. The Kier molecular flexibility index (Phi) is 6.23. The first kappa shape index (κ1) is 16.3. The van der Waals surface area contributed by atoms with Crippen LogP contribution in [0.2, 0.25) is 0 Å². The molecule has 0 saturated carbocycles. The van der Waals surface area contributed by atoms with Gasteiger partial charge in [-0.05, 0) is 30.0 Å². The quantitative estimate of drug-likeness (QED) is 0.708. The zero-order valence-electron chi connectivity index (χ0n) is 11.4. The molecule has 18 heavy (non-hydrogen) atoms. The minimum absolute atomic E-state index is 0.136. The number of carboxylic acid groups (broad SMARTS) is 1. The van der Waals surface area contributed by atoms with Crippen molar-refractivity contribution in [3.05, 3.63) is 23.8 Å². The zero-order chi connectivity index (χ0) is 14.3. The Hall–Kier alpha value is -1.71. The molecular weight excluding hydrogens is 232 g/mol. The number of aliphatic carboxylic acids is 1. The molecule has 0 radical (unpaired) electrons. The van der Waals surface area contributed by atoms with Crippen LogP contribution < -0.4 is 0 Å². The molecule has 4 nitrogen and oxygen atoms in total. The fourth-order valence-electron chi connectivity index (χ4n) is 1.34. The summed E-state index contributed by atoms with van der Waals surface area (Å²) < 4.78 is 0. The maximum absolute atomic E-state index is 9.60. The molecule has 0 bridgehead atoms. The van der Waals surface area contributed by atoms with Crippen LogP contribution in [-0.2, 0) is 10.2 Å². The van der Waals surface area contributed by atoms with E-state index in [1.165, 1.54) is 12.1 Å². The van der Waals surface area contributed by atoms with Gasteiger partial charge in [-0.15, -0.1) is 0 Å². The SMILES string of the molecule is CC(C)(C)c1cc(O)ccc1O.CCCC(=O)O. The summed E-state index contributed by atoms with van der Waals surface area (Å²) in [5.74, 6) is -0.282. The van der Waals surface area contributed by atoms with Crippen LogP contribution in [-0.4, -0.2) is 21.3 Å². The second-order valence-corrected chi connectivity index (χ2v) is 5.10. The van der Waals surface area contributed by atoms with Gasteiger partial charge in [-0.3, -0.25) is 4.79 Å². The lowest BCUT2D eigenvalue weighted by Crippen LogP contribution is -2.10. The van der Waals surface area contributed by atoms with Crippen molar-refractivity contribution in [2.75, 3.05) is 0 Å². The number of hydrogen-bond acceptors (Lipinski definition) is 3. The third-order valence-electron chi connectivity index (χ3n) is 2.25. The fraction of sp³-hybridized carbons (Fsp3) is 0.500. The van der Waals surface area contributed by atoms with Gasteiger partial charge in [0.25, 0.3) is 0 Å². The Morgan fingerprint density at radius 2 is 1.78 bits per heavy atom. The Balaban J connectivity index is 0.000000411. The van der Waals surface area contributed by atoms with E-state index in [1.807, 2.05) is 27.7 Å². The smallest absolute Gasteiger partial charge is 0.303 e. The minimum Gasteiger partial charge on any atom is -0.508 e. The summed E-state index contributed by atoms with van der Waals surface area (Å²) in [6.07, 6.45) is 1.02. The van der Waals surface area contributed by atoms with E-state index in [2.05, 4.69) is 0 Å². The first-order valence-electron chi connectivity index (χ1n) is 5.92. The molecule has 0 atom stereocenters. The molecule has 102 valence electrons. The van der Waals surface area contributed by atoms with E-state index in [0.29, 0.717) is 6.42 Å². The fourth-order valence-corrected chi connectivity index (χ4v) is 1.34. The largest absolute Gasteiger partial charge is 0.508 e. The zero-order valence-corrected chi connectivity index (χ0v) is 11.4. The molecule has 1 aromatic rings. The summed E-state index contributed by atoms with van der Waals surface area (Å²) >= 11 is 0. The molecular formula is C14H22O4. The van der Waals surface area contributed by atoms with Gasteiger partial charge in [0.05, 0.1) is 0 Å². The van der Waals surface area contributed by atoms with Gasteiger partial charge in [0.1, 0.15) is 11.5 Å². The summed E-state index contributed by atoms with van der Waals surface area (Å²) in [5.41, 5.74) is 0.630. The molecule has 0 fully saturated rings. The number of aromatic hydroxyl groups is 2. The minimum atomic E-state index is -0.711. The molecule has 0 aliphatic heterocycles. The van der Waals surface area contributed by atoms with Gasteiger partial charge < -0.3 is 15.3 Å². The van der Waals surface area contributed by atoms with E-state index >= 15 is 0 Å². The van der Waals surface area contributed by atoms with Crippen molar-refractivity contribution < 1.29 is 20.1 Å². The maximum atomic E-state index is 9.60. The van der Waals surface area contributed by atoms with Crippen molar-refractivity contribution in [2.24, 2.45) is 0 Å². The van der Waals surface area contributed by atoms with Crippen LogP contribution in [0.15, 0.2) is 18.2 Å². The third kappa shape index (κ3) is 6.13. The van der Waals surface area contributed by atoms with Crippen LogP contribution in [0.1, 0.15) is 46.1 Å². The van der Waals surface area contributed by atoms with Crippen molar-refractivity contribution >= 4 is 5.97 Å². The number of benzene rings is 1. The maximum Gasteiger partial charge on any atom is 0.303 e. The van der Waals surface area contributed by atoms with Crippen molar-refractivity contribution in [3.8, 4) is 11.5 Å². The van der Waals surface area contributed by atoms with E-state index < -0.39 is 5.97 Å². The number of phenols is 2. The van der Waals surface area contributed by atoms with Gasteiger partial charge in [-0.25, -0.2) is 0 Å². The monoisotopic (exact) mass is 254 g/mol. The molecule has 0 unspecified atom stereocenters. The molecule has 4 heteroatoms. The number of carboxylic acids is 1. The predicted molar refractivity (Wildman–Crippen MR) is 71.0 cm³/mol. The molecule has 1 rings (SSSR count). The van der Waals surface area contributed by atoms with Crippen molar-refractivity contribution in [2.45, 2.75) is 46.0 Å². The normalized spacial score (nSPS) is 10.4. The molecule has 0 saturated heterocycles. The highest BCUT2D eigenvalue weighted by Gasteiger charge is 2.17. The number of rotatable bonds is 2. The Bertz CT molecular complexity index is 391. The van der Waals surface area contributed by atoms with Gasteiger partial charge >= 0.3 is 5.97 Å². The van der Waals surface area contributed by atoms with Crippen LogP contribution in [0.3, 0.4) is 0 Å². The van der Waals surface area contributed by atoms with E-state index in [1.54, 1.807) is 6.07 Å². The summed E-state index contributed by atoms with van der Waals surface area (Å²) in [6, 6.07) is 4.58. The lowest BCUT2D eigenvalue weighted by molar-refractivity contribution is -0.137. The van der Waals surface area contributed by atoms with Crippen LogP contribution >= 0.6 is 0 Å². The van der Waals surface area contributed by atoms with Gasteiger partial charge in [0.15, 0.2) is 0 Å². The molecule has 0 amide bonds. The van der Waals surface area contributed by atoms with E-state index in [9.17, 15) is 15.0 Å². The molecule has 0 aliphatic carbocycles. The molecule has 0 aliphatic rings. The van der Waals surface area contributed by atoms with Gasteiger partial charge in [-0.1, -0.05) is 27.7 Å². The van der Waals surface area contributed by atoms with Crippen LogP contribution in [0.25, 0.3) is 0 Å². The van der Waals surface area contributed by atoms with Crippen LogP contribution in [0.4, 0.5) is 0 Å². The molecule has 1 aromatic carbocycles. The van der Waals surface area contributed by atoms with E-state index in [4.69, 9.17) is 5.11 Å². The Morgan fingerprint density at radius 1 is 1.22 bits per heavy atom. The molecule has 0 spiro atoms. The second-order valence-electron chi connectivity index (χ2n) is 5.10. The summed E-state index contributed by atoms with van der Waals surface area (Å²) in [5, 5.41) is 26.6. The molecule has 0 aromatic heterocycles. The predicted octanol–water partition coefficient (Wildman–Crippen LogP) is 3.27. The van der Waals surface area contributed by atoms with Crippen molar-refractivity contribution in [1.29, 1.82) is 0 Å². The Morgan fingerprint density at radius 3 is 2.06 bits per heavy atom. The first-order chi connectivity index (χ1) is 8.18. The highest BCUT2D eigenvalue weighted by Crippen LogP contribution is 2.32. The third-order valence-corrected chi connectivity index (χ3v) is 2.25. The standard InChI is InChI=1S/C10H14O2.C4H8O2/c1-10(2,3)8-6-7(11)4-5-9(8)12;1-2-3-4(5)6/h4-6,11-12H,1-3H3;2-3H2,1H3,(H,5,6). The van der Waals surface area contributed by atoms with E-state index in [0.717, 1.165) is 12.0 Å². The highest BCUT2D eigenvalue weighted by molar-refractivity contribution is 5.66. The van der Waals surface area contributed by atoms with Gasteiger partial charge in [-0.2, -0.15) is 0 Å². The van der Waals surface area contributed by atoms with Gasteiger partial charge in [0.2, 0.25) is 0 Å².